The Balaban J connectivity index is 0.00000196. The second-order valence-corrected chi connectivity index (χ2v) is 7.67. The fraction of sp³-hybridized carbons (Fsp3) is 0.842. The molecular weight excluding hydrogens is 399 g/mol. The van der Waals surface area contributed by atoms with Gasteiger partial charge in [-0.1, -0.05) is 18.1 Å². The normalized spacial score (nSPS) is 18.2. The number of unbranched alkanes of at least 4 members (excludes halogenated alkanes) is 2. The van der Waals surface area contributed by atoms with Gasteiger partial charge in [0.25, 0.3) is 5.91 Å². The van der Waals surface area contributed by atoms with Crippen molar-refractivity contribution in [3.05, 3.63) is 11.4 Å². The van der Waals surface area contributed by atoms with Crippen LogP contribution in [0.3, 0.4) is 0 Å². The number of halogens is 2. The second-order valence-electron chi connectivity index (χ2n) is 7.67. The molecule has 2 aliphatic heterocycles. The molecule has 162 valence electrons. The van der Waals surface area contributed by atoms with Crippen LogP contribution < -0.4 is 10.6 Å². The molecule has 1 aromatic rings. The van der Waals surface area contributed by atoms with Crippen molar-refractivity contribution in [3.8, 4) is 0 Å². The molecule has 0 aromatic carbocycles. The Morgan fingerprint density at radius 2 is 1.82 bits per heavy atom. The molecule has 0 saturated carbocycles. The molecule has 28 heavy (non-hydrogen) atoms. The Kier molecular flexibility index (Phi) is 12.0. The molecular formula is C19H36Cl2N6O. The van der Waals surface area contributed by atoms with Crippen LogP contribution in [0.4, 0.5) is 0 Å². The van der Waals surface area contributed by atoms with Crippen LogP contribution in [0.2, 0.25) is 0 Å². The Morgan fingerprint density at radius 1 is 1.11 bits per heavy atom. The van der Waals surface area contributed by atoms with Crippen LogP contribution in [-0.4, -0.2) is 65.1 Å². The monoisotopic (exact) mass is 434 g/mol. The highest BCUT2D eigenvalue weighted by Crippen LogP contribution is 2.20. The van der Waals surface area contributed by atoms with E-state index in [2.05, 4.69) is 25.8 Å². The summed E-state index contributed by atoms with van der Waals surface area (Å²) in [4.78, 5) is 15.0. The van der Waals surface area contributed by atoms with Gasteiger partial charge in [0.05, 0.1) is 11.7 Å². The van der Waals surface area contributed by atoms with Gasteiger partial charge in [0.15, 0.2) is 5.69 Å². The number of piperidine rings is 2. The standard InChI is InChI=1S/C19H34N6O.2ClH/c1-16-18(22-23-25(16)17-8-11-20-12-9-17)19(26)21-10-4-2-5-13-24-14-6-3-7-15-24;;/h17,20H,2-15H2,1H3,(H,21,26);2*1H. The van der Waals surface area contributed by atoms with Crippen LogP contribution in [0.15, 0.2) is 0 Å². The molecule has 7 nitrogen and oxygen atoms in total. The topological polar surface area (TPSA) is 75.1 Å². The second kappa shape index (κ2) is 13.4. The number of rotatable bonds is 8. The van der Waals surface area contributed by atoms with E-state index in [1.54, 1.807) is 0 Å². The van der Waals surface area contributed by atoms with Crippen molar-refractivity contribution < 1.29 is 4.79 Å². The summed E-state index contributed by atoms with van der Waals surface area (Å²) in [5, 5.41) is 14.8. The minimum absolute atomic E-state index is 0. The lowest BCUT2D eigenvalue weighted by atomic mass is 10.1. The van der Waals surface area contributed by atoms with Gasteiger partial charge in [0.2, 0.25) is 0 Å². The van der Waals surface area contributed by atoms with Crippen molar-refractivity contribution in [3.63, 3.8) is 0 Å². The van der Waals surface area contributed by atoms with E-state index in [1.807, 2.05) is 11.6 Å². The molecule has 2 saturated heterocycles. The van der Waals surface area contributed by atoms with E-state index >= 15 is 0 Å². The number of nitrogens with zero attached hydrogens (tertiary/aromatic N) is 4. The predicted molar refractivity (Wildman–Crippen MR) is 117 cm³/mol. The number of hydrogen-bond donors (Lipinski definition) is 2. The average molecular weight is 435 g/mol. The summed E-state index contributed by atoms with van der Waals surface area (Å²) >= 11 is 0. The summed E-state index contributed by atoms with van der Waals surface area (Å²) in [6.45, 7) is 8.42. The molecule has 0 unspecified atom stereocenters. The number of carbonyl (C=O) groups is 1. The Hall–Kier alpha value is -0.890. The summed E-state index contributed by atoms with van der Waals surface area (Å²) < 4.78 is 1.94. The molecule has 2 aliphatic rings. The molecule has 3 heterocycles. The van der Waals surface area contributed by atoms with Gasteiger partial charge in [-0.15, -0.1) is 29.9 Å². The van der Waals surface area contributed by atoms with E-state index in [1.165, 1.54) is 45.3 Å². The third-order valence-electron chi connectivity index (χ3n) is 5.68. The predicted octanol–water partition coefficient (Wildman–Crippen LogP) is 2.74. The first kappa shape index (κ1) is 25.1. The van der Waals surface area contributed by atoms with Gasteiger partial charge in [0.1, 0.15) is 0 Å². The lowest BCUT2D eigenvalue weighted by Gasteiger charge is -2.26. The molecule has 0 aliphatic carbocycles. The fourth-order valence-electron chi connectivity index (χ4n) is 4.05. The molecule has 1 aromatic heterocycles. The molecule has 2 fully saturated rings. The van der Waals surface area contributed by atoms with Crippen LogP contribution in [0, 0.1) is 6.92 Å². The SMILES string of the molecule is Cc1c(C(=O)NCCCCCN2CCCCC2)nnn1C1CCNCC1.Cl.Cl. The van der Waals surface area contributed by atoms with Gasteiger partial charge in [-0.25, -0.2) is 4.68 Å². The zero-order valence-electron chi connectivity index (χ0n) is 17.0. The number of amides is 1. The first-order valence-corrected chi connectivity index (χ1v) is 10.4. The van der Waals surface area contributed by atoms with Crippen molar-refractivity contribution in [2.45, 2.75) is 64.3 Å². The van der Waals surface area contributed by atoms with Gasteiger partial charge < -0.3 is 15.5 Å². The Morgan fingerprint density at radius 3 is 2.54 bits per heavy atom. The van der Waals surface area contributed by atoms with Crippen molar-refractivity contribution in [1.82, 2.24) is 30.5 Å². The summed E-state index contributed by atoms with van der Waals surface area (Å²) in [5.74, 6) is -0.0845. The number of likely N-dealkylation sites (tertiary alicyclic amines) is 1. The van der Waals surface area contributed by atoms with Crippen molar-refractivity contribution in [1.29, 1.82) is 0 Å². The number of aromatic nitrogens is 3. The molecule has 1 amide bonds. The van der Waals surface area contributed by atoms with E-state index in [-0.39, 0.29) is 30.7 Å². The highest BCUT2D eigenvalue weighted by Gasteiger charge is 2.22. The molecule has 0 radical (unpaired) electrons. The Labute approximate surface area is 181 Å². The minimum atomic E-state index is -0.0845. The summed E-state index contributed by atoms with van der Waals surface area (Å²) in [6.07, 6.45) is 9.61. The highest BCUT2D eigenvalue weighted by atomic mass is 35.5. The average Bonchev–Trinajstić information content (AvgIpc) is 3.07. The molecule has 0 atom stereocenters. The van der Waals surface area contributed by atoms with Crippen LogP contribution in [0.25, 0.3) is 0 Å². The van der Waals surface area contributed by atoms with Gasteiger partial charge in [-0.3, -0.25) is 4.79 Å². The van der Waals surface area contributed by atoms with E-state index in [9.17, 15) is 4.79 Å². The largest absolute Gasteiger partial charge is 0.351 e. The maximum atomic E-state index is 12.4. The van der Waals surface area contributed by atoms with Crippen LogP contribution in [0.5, 0.6) is 0 Å². The van der Waals surface area contributed by atoms with E-state index in [0.717, 1.165) is 51.0 Å². The first-order chi connectivity index (χ1) is 12.8. The number of hydrogen-bond acceptors (Lipinski definition) is 5. The van der Waals surface area contributed by atoms with Crippen molar-refractivity contribution in [2.24, 2.45) is 0 Å². The molecule has 3 rings (SSSR count). The molecule has 9 heteroatoms. The third kappa shape index (κ3) is 7.17. The molecule has 2 N–H and O–H groups in total. The molecule has 0 spiro atoms. The van der Waals surface area contributed by atoms with Crippen molar-refractivity contribution in [2.75, 3.05) is 39.3 Å². The summed E-state index contributed by atoms with van der Waals surface area (Å²) in [6, 6.07) is 0.361. The van der Waals surface area contributed by atoms with Crippen molar-refractivity contribution >= 4 is 30.7 Å². The van der Waals surface area contributed by atoms with E-state index < -0.39 is 0 Å². The first-order valence-electron chi connectivity index (χ1n) is 10.4. The minimum Gasteiger partial charge on any atom is -0.351 e. The van der Waals surface area contributed by atoms with Gasteiger partial charge in [0, 0.05) is 6.54 Å². The number of carbonyl (C=O) groups excluding carboxylic acids is 1. The maximum absolute atomic E-state index is 12.4. The summed E-state index contributed by atoms with van der Waals surface area (Å²) in [5.41, 5.74) is 1.37. The molecule has 0 bridgehead atoms. The highest BCUT2D eigenvalue weighted by molar-refractivity contribution is 5.93. The smallest absolute Gasteiger partial charge is 0.273 e. The van der Waals surface area contributed by atoms with Crippen LogP contribution in [0.1, 0.15) is 73.6 Å². The van der Waals surface area contributed by atoms with Gasteiger partial charge in [-0.2, -0.15) is 0 Å². The quantitative estimate of drug-likeness (QED) is 0.615. The van der Waals surface area contributed by atoms with Crippen LogP contribution in [-0.2, 0) is 0 Å². The number of nitrogens with one attached hydrogen (secondary N) is 2. The lowest BCUT2D eigenvalue weighted by Crippen LogP contribution is -2.31. The zero-order valence-corrected chi connectivity index (χ0v) is 18.6. The Bertz CT molecular complexity index is 571. The van der Waals surface area contributed by atoms with E-state index in [4.69, 9.17) is 0 Å². The third-order valence-corrected chi connectivity index (χ3v) is 5.68. The zero-order chi connectivity index (χ0) is 18.2. The van der Waals surface area contributed by atoms with E-state index in [0.29, 0.717) is 11.7 Å². The lowest BCUT2D eigenvalue weighted by molar-refractivity contribution is 0.0947. The fourth-order valence-corrected chi connectivity index (χ4v) is 4.05. The summed E-state index contributed by atoms with van der Waals surface area (Å²) in [7, 11) is 0. The van der Waals surface area contributed by atoms with Gasteiger partial charge in [-0.05, 0) is 78.2 Å². The van der Waals surface area contributed by atoms with Gasteiger partial charge >= 0.3 is 0 Å². The maximum Gasteiger partial charge on any atom is 0.273 e. The van der Waals surface area contributed by atoms with Crippen LogP contribution >= 0.6 is 24.8 Å².